The van der Waals surface area contributed by atoms with Gasteiger partial charge in [0.05, 0.1) is 5.38 Å². The predicted octanol–water partition coefficient (Wildman–Crippen LogP) is -0.144. The van der Waals surface area contributed by atoms with Crippen molar-refractivity contribution in [1.82, 2.24) is 0 Å². The van der Waals surface area contributed by atoms with Gasteiger partial charge in [-0.2, -0.15) is 4.57 Å². The van der Waals surface area contributed by atoms with Gasteiger partial charge in [0.25, 0.3) is 4.05 Å². The Morgan fingerprint density at radius 2 is 2.00 bits per heavy atom. The molecule has 0 radical (unpaired) electrons. The fraction of sp³-hybridized carbons (Fsp3) is 0.0909. The van der Waals surface area contributed by atoms with E-state index < -0.39 is 0 Å². The normalized spacial score (nSPS) is 11.6. The number of hydrogen-bond donors (Lipinski definition) is 0. The summed E-state index contributed by atoms with van der Waals surface area (Å²) in [7, 11) is 0. The van der Waals surface area contributed by atoms with Crippen molar-refractivity contribution < 1.29 is 26.3 Å². The van der Waals surface area contributed by atoms with Crippen molar-refractivity contribution in [1.29, 1.82) is 0 Å². The molecule has 84 valence electrons. The van der Waals surface area contributed by atoms with Gasteiger partial charge in [0.2, 0.25) is 11.3 Å². The molecule has 2 aromatic rings. The molecule has 0 N–H and O–H groups in total. The monoisotopic (exact) mass is 409 g/mol. The fourth-order valence-electron chi connectivity index (χ4n) is 1.25. The van der Waals surface area contributed by atoms with Gasteiger partial charge in [-0.25, -0.2) is 0 Å². The molecule has 0 fully saturated rings. The highest BCUT2D eigenvalue weighted by Crippen LogP contribution is 2.16. The maximum Gasteiger partial charge on any atom is 0.270 e. The van der Waals surface area contributed by atoms with E-state index in [1.54, 1.807) is 11.3 Å². The first-order valence-corrected chi connectivity index (χ1v) is 6.64. The van der Waals surface area contributed by atoms with Crippen molar-refractivity contribution in [2.45, 2.75) is 4.05 Å². The number of benzene rings is 1. The minimum atomic E-state index is -0.156. The van der Waals surface area contributed by atoms with Crippen molar-refractivity contribution >= 4 is 39.7 Å². The Bertz CT molecular complexity index is 446. The number of aromatic nitrogens is 1. The number of hydrogen-bond acceptors (Lipinski definition) is 2. The summed E-state index contributed by atoms with van der Waals surface area (Å²) in [5.41, 5.74) is 2.70. The van der Waals surface area contributed by atoms with E-state index >= 15 is 0 Å². The Morgan fingerprint density at radius 1 is 1.31 bits per heavy atom. The molecule has 1 aromatic heterocycles. The van der Waals surface area contributed by atoms with Crippen molar-refractivity contribution in [2.75, 3.05) is 0 Å². The van der Waals surface area contributed by atoms with Crippen LogP contribution in [0.2, 0.25) is 0 Å². The van der Waals surface area contributed by atoms with Crippen LogP contribution in [0.4, 0.5) is 0 Å². The number of halogens is 2. The van der Waals surface area contributed by atoms with E-state index in [2.05, 4.69) is 22.6 Å². The number of carbonyl (C=O) groups excluding carboxylic acids is 1. The minimum absolute atomic E-state index is 0. The molecule has 2 rings (SSSR count). The summed E-state index contributed by atoms with van der Waals surface area (Å²) in [6.45, 7) is 0. The van der Waals surface area contributed by atoms with Crippen LogP contribution in [-0.2, 0) is 0 Å². The summed E-state index contributed by atoms with van der Waals surface area (Å²) >= 11 is 3.74. The van der Waals surface area contributed by atoms with Crippen LogP contribution in [0.25, 0.3) is 0 Å². The van der Waals surface area contributed by atoms with Gasteiger partial charge in [0.1, 0.15) is 0 Å². The predicted molar refractivity (Wildman–Crippen MR) is 68.3 cm³/mol. The number of carbonyl (C=O) groups is 1. The van der Waals surface area contributed by atoms with Crippen LogP contribution in [0.15, 0.2) is 47.4 Å². The molecule has 0 amide bonds. The van der Waals surface area contributed by atoms with Crippen LogP contribution in [0, 0.1) is 0 Å². The lowest BCUT2D eigenvalue weighted by atomic mass is 10.1. The van der Waals surface area contributed by atoms with Crippen LogP contribution in [-0.4, -0.2) is 5.78 Å². The van der Waals surface area contributed by atoms with E-state index in [4.69, 9.17) is 0 Å². The highest BCUT2D eigenvalue weighted by atomic mass is 127. The molecule has 16 heavy (non-hydrogen) atoms. The highest BCUT2D eigenvalue weighted by Gasteiger charge is 2.24. The van der Waals surface area contributed by atoms with E-state index in [9.17, 15) is 4.79 Å². The van der Waals surface area contributed by atoms with Crippen LogP contribution < -0.4 is 21.5 Å². The average Bonchev–Trinajstić information content (AvgIpc) is 2.82. The molecule has 0 aliphatic heterocycles. The van der Waals surface area contributed by atoms with Gasteiger partial charge < -0.3 is 17.0 Å². The third-order valence-electron chi connectivity index (χ3n) is 2.03. The first-order chi connectivity index (χ1) is 7.29. The van der Waals surface area contributed by atoms with E-state index in [1.165, 1.54) is 0 Å². The summed E-state index contributed by atoms with van der Waals surface area (Å²) in [4.78, 5) is 12.0. The summed E-state index contributed by atoms with van der Waals surface area (Å²) in [5, 5.41) is 1.96. The Morgan fingerprint density at radius 3 is 2.56 bits per heavy atom. The van der Waals surface area contributed by atoms with Crippen molar-refractivity contribution in [3.8, 4) is 0 Å². The smallest absolute Gasteiger partial charge is 0.270 e. The molecule has 0 saturated heterocycles. The van der Waals surface area contributed by atoms with Crippen molar-refractivity contribution in [2.24, 2.45) is 0 Å². The second kappa shape index (κ2) is 6.46. The minimum Gasteiger partial charge on any atom is -1.00 e. The molecule has 1 aromatic carbocycles. The second-order valence-electron chi connectivity index (χ2n) is 3.04. The van der Waals surface area contributed by atoms with E-state index in [1.807, 2.05) is 52.0 Å². The first-order valence-electron chi connectivity index (χ1n) is 4.45. The Hall–Kier alpha value is -0.270. The van der Waals surface area contributed by atoms with Gasteiger partial charge in [-0.1, -0.05) is 41.7 Å². The second-order valence-corrected chi connectivity index (χ2v) is 4.97. The van der Waals surface area contributed by atoms with Gasteiger partial charge in [0, 0.05) is 28.2 Å². The van der Waals surface area contributed by atoms with Crippen molar-refractivity contribution in [3.05, 3.63) is 53.0 Å². The highest BCUT2D eigenvalue weighted by molar-refractivity contribution is 14.1. The molecule has 0 spiro atoms. The summed E-state index contributed by atoms with van der Waals surface area (Å²) in [6, 6.07) is 9.38. The lowest BCUT2D eigenvalue weighted by Gasteiger charge is -2.01. The third-order valence-corrected chi connectivity index (χ3v) is 3.88. The van der Waals surface area contributed by atoms with Crippen LogP contribution in [0.1, 0.15) is 14.4 Å². The largest absolute Gasteiger partial charge is 1.00 e. The van der Waals surface area contributed by atoms with Gasteiger partial charge in [-0.15, -0.1) is 0 Å². The van der Waals surface area contributed by atoms with E-state index in [0.717, 1.165) is 5.56 Å². The number of thiazole rings is 1. The quantitative estimate of drug-likeness (QED) is 0.299. The molecule has 1 heterocycles. The zero-order valence-corrected chi connectivity index (χ0v) is 12.8. The van der Waals surface area contributed by atoms with E-state index in [-0.39, 0.29) is 26.8 Å². The van der Waals surface area contributed by atoms with Gasteiger partial charge in [-0.05, 0) is 0 Å². The maximum atomic E-state index is 12.0. The SMILES string of the molecule is O=C(c1ccccc1)C(I)[n+]1ccsc1.[Br-]. The zero-order chi connectivity index (χ0) is 10.7. The lowest BCUT2D eigenvalue weighted by Crippen LogP contribution is -3.00. The molecule has 0 aliphatic rings. The molecular formula is C11H9BrINOS. The van der Waals surface area contributed by atoms with Crippen LogP contribution >= 0.6 is 33.9 Å². The number of alkyl halides is 1. The summed E-state index contributed by atoms with van der Waals surface area (Å²) in [5.74, 6) is 0.139. The van der Waals surface area contributed by atoms with Crippen LogP contribution in [0.3, 0.4) is 0 Å². The summed E-state index contributed by atoms with van der Waals surface area (Å²) in [6.07, 6.45) is 1.92. The molecule has 0 saturated carbocycles. The zero-order valence-electron chi connectivity index (χ0n) is 8.22. The Labute approximate surface area is 122 Å². The van der Waals surface area contributed by atoms with Gasteiger partial charge >= 0.3 is 0 Å². The maximum absolute atomic E-state index is 12.0. The van der Waals surface area contributed by atoms with Crippen molar-refractivity contribution in [3.63, 3.8) is 0 Å². The standard InChI is InChI=1S/C11H9INOS.BrH/c12-11(13-6-7-15-8-13)10(14)9-4-2-1-3-5-9;/h1-8,11H;1H/q+1;/p-1. The molecule has 0 bridgehead atoms. The molecule has 2 nitrogen and oxygen atoms in total. The Kier molecular flexibility index (Phi) is 5.57. The van der Waals surface area contributed by atoms with Gasteiger partial charge in [0.15, 0.2) is 6.20 Å². The number of ketones is 1. The number of rotatable bonds is 3. The number of Topliss-reactive ketones (excluding diaryl/α,β-unsaturated/α-hetero) is 1. The van der Waals surface area contributed by atoms with Gasteiger partial charge in [-0.3, -0.25) is 4.79 Å². The Balaban J connectivity index is 0.00000128. The topological polar surface area (TPSA) is 20.9 Å². The molecule has 0 aliphatic carbocycles. The first kappa shape index (κ1) is 13.8. The molecule has 1 atom stereocenters. The molecule has 1 unspecified atom stereocenters. The summed E-state index contributed by atoms with van der Waals surface area (Å²) < 4.78 is 1.76. The lowest BCUT2D eigenvalue weighted by molar-refractivity contribution is -0.675. The van der Waals surface area contributed by atoms with E-state index in [0.29, 0.717) is 0 Å². The fourth-order valence-corrected chi connectivity index (χ4v) is 2.79. The molecular weight excluding hydrogens is 401 g/mol. The average molecular weight is 410 g/mol. The third kappa shape index (κ3) is 3.11. The van der Waals surface area contributed by atoms with Crippen LogP contribution in [0.5, 0.6) is 0 Å². The number of nitrogens with zero attached hydrogens (tertiary/aromatic N) is 1. The molecule has 5 heteroatoms.